The number of hydrogen-bond acceptors (Lipinski definition) is 4. The summed E-state index contributed by atoms with van der Waals surface area (Å²) in [7, 11) is 1.77. The van der Waals surface area contributed by atoms with Crippen LogP contribution >= 0.6 is 0 Å². The molecule has 1 atom stereocenters. The van der Waals surface area contributed by atoms with Crippen LogP contribution in [0.5, 0.6) is 0 Å². The van der Waals surface area contributed by atoms with Gasteiger partial charge in [-0.1, -0.05) is 0 Å². The van der Waals surface area contributed by atoms with Gasteiger partial charge in [-0.25, -0.2) is 0 Å². The average molecular weight is 229 g/mol. The first-order valence-electron chi connectivity index (χ1n) is 6.09. The van der Waals surface area contributed by atoms with Crippen LogP contribution in [0.2, 0.25) is 0 Å². The maximum atomic E-state index is 11.3. The Balaban J connectivity index is 2.27. The second-order valence-electron chi connectivity index (χ2n) is 4.33. The lowest BCUT2D eigenvalue weighted by molar-refractivity contribution is -0.144. The van der Waals surface area contributed by atoms with Crippen molar-refractivity contribution in [2.24, 2.45) is 0 Å². The number of methoxy groups -OCH3 is 1. The van der Waals surface area contributed by atoms with Crippen LogP contribution in [0.15, 0.2) is 0 Å². The third-order valence-corrected chi connectivity index (χ3v) is 3.20. The zero-order valence-electron chi connectivity index (χ0n) is 10.6. The molecule has 1 aliphatic rings. The normalized spacial score (nSPS) is 20.7. The summed E-state index contributed by atoms with van der Waals surface area (Å²) in [6.07, 6.45) is 3.00. The zero-order valence-corrected chi connectivity index (χ0v) is 10.6. The van der Waals surface area contributed by atoms with Crippen LogP contribution < -0.4 is 0 Å². The quantitative estimate of drug-likeness (QED) is 0.669. The highest BCUT2D eigenvalue weighted by Gasteiger charge is 2.23. The molecule has 94 valence electrons. The molecular weight excluding hydrogens is 206 g/mol. The highest BCUT2D eigenvalue weighted by Crippen LogP contribution is 2.16. The molecule has 1 saturated heterocycles. The Bertz CT molecular complexity index is 212. The zero-order chi connectivity index (χ0) is 12.0. The minimum Gasteiger partial charge on any atom is -0.466 e. The number of carbonyl (C=O) groups is 1. The van der Waals surface area contributed by atoms with Gasteiger partial charge in [0.15, 0.2) is 0 Å². The van der Waals surface area contributed by atoms with Crippen molar-refractivity contribution in [2.45, 2.75) is 45.3 Å². The molecule has 0 aliphatic carbocycles. The number of hydrogen-bond donors (Lipinski definition) is 0. The molecule has 0 aromatic rings. The lowest BCUT2D eigenvalue weighted by Crippen LogP contribution is -2.42. The number of carbonyl (C=O) groups excluding carboxylic acids is 1. The lowest BCUT2D eigenvalue weighted by atomic mass is 10.0. The van der Waals surface area contributed by atoms with Crippen molar-refractivity contribution >= 4 is 5.97 Å². The summed E-state index contributed by atoms with van der Waals surface area (Å²) in [5.41, 5.74) is 0. The highest BCUT2D eigenvalue weighted by atomic mass is 16.5. The molecule has 1 fully saturated rings. The first-order chi connectivity index (χ1) is 7.67. The van der Waals surface area contributed by atoms with E-state index in [4.69, 9.17) is 9.47 Å². The summed E-state index contributed by atoms with van der Waals surface area (Å²) in [6, 6.07) is 0.275. The van der Waals surface area contributed by atoms with Gasteiger partial charge in [-0.3, -0.25) is 9.69 Å². The maximum absolute atomic E-state index is 11.3. The predicted octanol–water partition coefficient (Wildman–Crippen LogP) is 1.44. The van der Waals surface area contributed by atoms with E-state index >= 15 is 0 Å². The van der Waals surface area contributed by atoms with E-state index in [9.17, 15) is 4.79 Å². The molecule has 0 N–H and O–H groups in total. The van der Waals surface area contributed by atoms with Gasteiger partial charge in [0.1, 0.15) is 0 Å². The molecule has 1 unspecified atom stereocenters. The molecule has 1 aliphatic heterocycles. The van der Waals surface area contributed by atoms with Gasteiger partial charge in [0.2, 0.25) is 0 Å². The van der Waals surface area contributed by atoms with Crippen LogP contribution in [0.25, 0.3) is 0 Å². The fourth-order valence-corrected chi connectivity index (χ4v) is 2.14. The van der Waals surface area contributed by atoms with Gasteiger partial charge >= 0.3 is 5.97 Å². The van der Waals surface area contributed by atoms with Crippen molar-refractivity contribution in [2.75, 3.05) is 26.8 Å². The molecule has 16 heavy (non-hydrogen) atoms. The SMILES string of the molecule is CCOC(=O)CC(C)N1CCC(OC)CC1. The van der Waals surface area contributed by atoms with Gasteiger partial charge in [-0.15, -0.1) is 0 Å². The molecule has 4 heteroatoms. The molecule has 4 nitrogen and oxygen atoms in total. The van der Waals surface area contributed by atoms with Gasteiger partial charge in [-0.2, -0.15) is 0 Å². The molecule has 0 amide bonds. The van der Waals surface area contributed by atoms with Crippen molar-refractivity contribution in [3.05, 3.63) is 0 Å². The fourth-order valence-electron chi connectivity index (χ4n) is 2.14. The molecule has 1 heterocycles. The largest absolute Gasteiger partial charge is 0.466 e. The summed E-state index contributed by atoms with van der Waals surface area (Å²) in [5, 5.41) is 0. The fraction of sp³-hybridized carbons (Fsp3) is 0.917. The van der Waals surface area contributed by atoms with Gasteiger partial charge < -0.3 is 9.47 Å². The van der Waals surface area contributed by atoms with E-state index in [0.29, 0.717) is 19.1 Å². The van der Waals surface area contributed by atoms with E-state index in [1.807, 2.05) is 6.92 Å². The van der Waals surface area contributed by atoms with Crippen LogP contribution in [0.4, 0.5) is 0 Å². The van der Waals surface area contributed by atoms with Crippen molar-refractivity contribution in [1.82, 2.24) is 4.90 Å². The summed E-state index contributed by atoms with van der Waals surface area (Å²) >= 11 is 0. The number of ether oxygens (including phenoxy) is 2. The molecule has 0 aromatic heterocycles. The van der Waals surface area contributed by atoms with Crippen LogP contribution in [0, 0.1) is 0 Å². The van der Waals surface area contributed by atoms with Crippen molar-refractivity contribution in [3.8, 4) is 0 Å². The number of nitrogens with zero attached hydrogens (tertiary/aromatic N) is 1. The monoisotopic (exact) mass is 229 g/mol. The Hall–Kier alpha value is -0.610. The molecule has 0 saturated carbocycles. The Kier molecular flexibility index (Phi) is 5.77. The van der Waals surface area contributed by atoms with Crippen LogP contribution in [0.1, 0.15) is 33.1 Å². The maximum Gasteiger partial charge on any atom is 0.307 e. The molecule has 0 aromatic carbocycles. The number of piperidine rings is 1. The van der Waals surface area contributed by atoms with Crippen LogP contribution in [0.3, 0.4) is 0 Å². The van der Waals surface area contributed by atoms with Crippen molar-refractivity contribution in [1.29, 1.82) is 0 Å². The Labute approximate surface area is 97.9 Å². The standard InChI is InChI=1S/C12H23NO3/c1-4-16-12(14)9-10(2)13-7-5-11(15-3)6-8-13/h10-11H,4-9H2,1-3H3. The van der Waals surface area contributed by atoms with E-state index in [1.54, 1.807) is 7.11 Å². The predicted molar refractivity (Wildman–Crippen MR) is 62.3 cm³/mol. The molecule has 0 radical (unpaired) electrons. The average Bonchev–Trinajstić information content (AvgIpc) is 2.29. The third-order valence-electron chi connectivity index (χ3n) is 3.20. The van der Waals surface area contributed by atoms with Gasteiger partial charge in [-0.05, 0) is 26.7 Å². The first-order valence-corrected chi connectivity index (χ1v) is 6.09. The van der Waals surface area contributed by atoms with E-state index in [0.717, 1.165) is 25.9 Å². The number of esters is 1. The third kappa shape index (κ3) is 4.10. The number of rotatable bonds is 5. The van der Waals surface area contributed by atoms with Crippen molar-refractivity contribution in [3.63, 3.8) is 0 Å². The van der Waals surface area contributed by atoms with Gasteiger partial charge in [0.05, 0.1) is 19.1 Å². The first kappa shape index (κ1) is 13.5. The van der Waals surface area contributed by atoms with Gasteiger partial charge in [0, 0.05) is 26.2 Å². The van der Waals surface area contributed by atoms with E-state index in [1.165, 1.54) is 0 Å². The summed E-state index contributed by atoms with van der Waals surface area (Å²) in [6.45, 7) is 6.42. The highest BCUT2D eigenvalue weighted by molar-refractivity contribution is 5.70. The van der Waals surface area contributed by atoms with Gasteiger partial charge in [0.25, 0.3) is 0 Å². The summed E-state index contributed by atoms with van der Waals surface area (Å²) < 4.78 is 10.3. The molecule has 0 spiro atoms. The van der Waals surface area contributed by atoms with Crippen LogP contribution in [-0.4, -0.2) is 49.8 Å². The molecule has 1 rings (SSSR count). The van der Waals surface area contributed by atoms with E-state index < -0.39 is 0 Å². The topological polar surface area (TPSA) is 38.8 Å². The Morgan fingerprint density at radius 3 is 2.56 bits per heavy atom. The molecular formula is C12H23NO3. The van der Waals surface area contributed by atoms with Crippen LogP contribution in [-0.2, 0) is 14.3 Å². The molecule has 0 bridgehead atoms. The minimum atomic E-state index is -0.0936. The second-order valence-corrected chi connectivity index (χ2v) is 4.33. The lowest BCUT2D eigenvalue weighted by Gasteiger charge is -2.35. The smallest absolute Gasteiger partial charge is 0.307 e. The second kappa shape index (κ2) is 6.86. The van der Waals surface area contributed by atoms with Crippen molar-refractivity contribution < 1.29 is 14.3 Å². The van der Waals surface area contributed by atoms with E-state index in [2.05, 4.69) is 11.8 Å². The Morgan fingerprint density at radius 2 is 2.06 bits per heavy atom. The van der Waals surface area contributed by atoms with E-state index in [-0.39, 0.29) is 12.0 Å². The summed E-state index contributed by atoms with van der Waals surface area (Å²) in [4.78, 5) is 13.7. The summed E-state index contributed by atoms with van der Waals surface area (Å²) in [5.74, 6) is -0.0936. The Morgan fingerprint density at radius 1 is 1.44 bits per heavy atom. The minimum absolute atomic E-state index is 0.0936. The number of likely N-dealkylation sites (tertiary alicyclic amines) is 1.